The van der Waals surface area contributed by atoms with Crippen molar-refractivity contribution in [2.45, 2.75) is 4.90 Å². The zero-order valence-corrected chi connectivity index (χ0v) is 13.2. The highest BCUT2D eigenvalue weighted by Gasteiger charge is 2.07. The van der Waals surface area contributed by atoms with E-state index >= 15 is 0 Å². The Morgan fingerprint density at radius 2 is 1.92 bits per heavy atom. The second-order valence-electron chi connectivity index (χ2n) is 5.08. The molecule has 0 bridgehead atoms. The number of benzene rings is 2. The standard InChI is InChI=1S/C16H14N4O3S/c17-24(22,23)13-7-4-11(5-8-13)6-9-15(21)19-14-3-1-2-12-10-18-20-16(12)14/h1-10H,(H,18,20)(H,19,21)(H2,17,22,23). The fourth-order valence-electron chi connectivity index (χ4n) is 2.19. The summed E-state index contributed by atoms with van der Waals surface area (Å²) >= 11 is 0. The lowest BCUT2D eigenvalue weighted by Gasteiger charge is -2.03. The highest BCUT2D eigenvalue weighted by molar-refractivity contribution is 7.89. The van der Waals surface area contributed by atoms with Crippen molar-refractivity contribution in [2.24, 2.45) is 5.14 Å². The van der Waals surface area contributed by atoms with Crippen LogP contribution in [0.25, 0.3) is 17.0 Å². The Balaban J connectivity index is 1.73. The van der Waals surface area contributed by atoms with Gasteiger partial charge in [0.1, 0.15) is 0 Å². The monoisotopic (exact) mass is 342 g/mol. The van der Waals surface area contributed by atoms with Crippen LogP contribution in [0, 0.1) is 0 Å². The third-order valence-electron chi connectivity index (χ3n) is 3.37. The molecule has 0 spiro atoms. The van der Waals surface area contributed by atoms with Gasteiger partial charge in [0, 0.05) is 11.5 Å². The first-order valence-corrected chi connectivity index (χ1v) is 8.52. The molecule has 8 heteroatoms. The molecule has 1 aromatic heterocycles. The molecule has 1 amide bonds. The molecule has 0 atom stereocenters. The number of hydrogen-bond donors (Lipinski definition) is 3. The van der Waals surface area contributed by atoms with Gasteiger partial charge >= 0.3 is 0 Å². The number of anilines is 1. The smallest absolute Gasteiger partial charge is 0.248 e. The summed E-state index contributed by atoms with van der Waals surface area (Å²) in [7, 11) is -3.72. The van der Waals surface area contributed by atoms with Crippen molar-refractivity contribution < 1.29 is 13.2 Å². The van der Waals surface area contributed by atoms with E-state index in [1.165, 1.54) is 18.2 Å². The topological polar surface area (TPSA) is 118 Å². The fourth-order valence-corrected chi connectivity index (χ4v) is 2.70. The predicted octanol–water partition coefficient (Wildman–Crippen LogP) is 1.86. The minimum atomic E-state index is -3.72. The van der Waals surface area contributed by atoms with Crippen LogP contribution in [-0.2, 0) is 14.8 Å². The van der Waals surface area contributed by atoms with Crippen molar-refractivity contribution in [3.63, 3.8) is 0 Å². The lowest BCUT2D eigenvalue weighted by molar-refractivity contribution is -0.111. The summed E-state index contributed by atoms with van der Waals surface area (Å²) in [5.74, 6) is -0.312. The zero-order chi connectivity index (χ0) is 17.2. The number of nitrogens with one attached hydrogen (secondary N) is 2. The number of carbonyl (C=O) groups excluding carboxylic acids is 1. The van der Waals surface area contributed by atoms with Gasteiger partial charge in [-0.2, -0.15) is 5.10 Å². The van der Waals surface area contributed by atoms with E-state index in [0.29, 0.717) is 11.3 Å². The molecule has 1 heterocycles. The van der Waals surface area contributed by atoms with Gasteiger partial charge in [-0.15, -0.1) is 0 Å². The Morgan fingerprint density at radius 1 is 1.17 bits per heavy atom. The van der Waals surface area contributed by atoms with Crippen LogP contribution in [0.3, 0.4) is 0 Å². The van der Waals surface area contributed by atoms with E-state index in [4.69, 9.17) is 5.14 Å². The van der Waals surface area contributed by atoms with E-state index in [1.807, 2.05) is 12.1 Å². The van der Waals surface area contributed by atoms with Crippen LogP contribution >= 0.6 is 0 Å². The van der Waals surface area contributed by atoms with Gasteiger partial charge in [0.05, 0.1) is 22.3 Å². The summed E-state index contributed by atoms with van der Waals surface area (Å²) in [6.45, 7) is 0. The number of sulfonamides is 1. The van der Waals surface area contributed by atoms with Crippen molar-refractivity contribution in [1.29, 1.82) is 0 Å². The lowest BCUT2D eigenvalue weighted by Crippen LogP contribution is -2.11. The maximum atomic E-state index is 12.0. The number of aromatic nitrogens is 2. The van der Waals surface area contributed by atoms with Crippen molar-refractivity contribution in [3.8, 4) is 0 Å². The lowest BCUT2D eigenvalue weighted by atomic mass is 10.2. The molecule has 4 N–H and O–H groups in total. The normalized spacial score (nSPS) is 11.9. The van der Waals surface area contributed by atoms with E-state index in [1.54, 1.807) is 30.5 Å². The predicted molar refractivity (Wildman–Crippen MR) is 91.6 cm³/mol. The van der Waals surface area contributed by atoms with Crippen molar-refractivity contribution in [3.05, 3.63) is 60.3 Å². The summed E-state index contributed by atoms with van der Waals surface area (Å²) in [6, 6.07) is 11.4. The van der Waals surface area contributed by atoms with Gasteiger partial charge in [0.2, 0.25) is 15.9 Å². The minimum absolute atomic E-state index is 0.0232. The second kappa shape index (κ2) is 6.26. The Bertz CT molecular complexity index is 1020. The SMILES string of the molecule is NS(=O)(=O)c1ccc(C=CC(=O)Nc2cccc3cn[nH]c23)cc1. The van der Waals surface area contributed by atoms with Crippen LogP contribution in [0.1, 0.15) is 5.56 Å². The molecule has 24 heavy (non-hydrogen) atoms. The largest absolute Gasteiger partial charge is 0.321 e. The molecule has 3 rings (SSSR count). The molecule has 0 radical (unpaired) electrons. The molecule has 0 saturated heterocycles. The van der Waals surface area contributed by atoms with E-state index in [0.717, 1.165) is 10.9 Å². The fraction of sp³-hybridized carbons (Fsp3) is 0. The van der Waals surface area contributed by atoms with Crippen molar-refractivity contribution >= 4 is 38.6 Å². The van der Waals surface area contributed by atoms with E-state index in [2.05, 4.69) is 15.5 Å². The van der Waals surface area contributed by atoms with E-state index < -0.39 is 10.0 Å². The van der Waals surface area contributed by atoms with Crippen LogP contribution in [0.15, 0.2) is 59.6 Å². The van der Waals surface area contributed by atoms with Gasteiger partial charge in [-0.3, -0.25) is 9.89 Å². The number of nitrogens with two attached hydrogens (primary N) is 1. The van der Waals surface area contributed by atoms with Gasteiger partial charge < -0.3 is 5.32 Å². The minimum Gasteiger partial charge on any atom is -0.321 e. The number of carbonyl (C=O) groups is 1. The Morgan fingerprint density at radius 3 is 2.62 bits per heavy atom. The highest BCUT2D eigenvalue weighted by atomic mass is 32.2. The van der Waals surface area contributed by atoms with Gasteiger partial charge in [-0.05, 0) is 29.8 Å². The van der Waals surface area contributed by atoms with Crippen LogP contribution in [0.2, 0.25) is 0 Å². The molecular weight excluding hydrogens is 328 g/mol. The number of H-pyrrole nitrogens is 1. The zero-order valence-electron chi connectivity index (χ0n) is 12.4. The Hall–Kier alpha value is -2.97. The molecule has 2 aromatic carbocycles. The molecule has 0 aliphatic carbocycles. The molecule has 0 fully saturated rings. The maximum Gasteiger partial charge on any atom is 0.248 e. The van der Waals surface area contributed by atoms with E-state index in [9.17, 15) is 13.2 Å². The van der Waals surface area contributed by atoms with Gasteiger partial charge in [-0.25, -0.2) is 13.6 Å². The molecule has 122 valence electrons. The number of aromatic amines is 1. The number of nitrogens with zero attached hydrogens (tertiary/aromatic N) is 1. The van der Waals surface area contributed by atoms with Crippen molar-refractivity contribution in [1.82, 2.24) is 10.2 Å². The summed E-state index contributed by atoms with van der Waals surface area (Å²) in [5, 5.41) is 15.5. The van der Waals surface area contributed by atoms with Gasteiger partial charge in [-0.1, -0.05) is 24.3 Å². The number of amides is 1. The third-order valence-corrected chi connectivity index (χ3v) is 4.30. The number of hydrogen-bond acceptors (Lipinski definition) is 4. The molecule has 0 unspecified atom stereocenters. The van der Waals surface area contributed by atoms with Crippen LogP contribution in [-0.4, -0.2) is 24.5 Å². The summed E-state index contributed by atoms with van der Waals surface area (Å²) in [4.78, 5) is 12.1. The average Bonchev–Trinajstić information content (AvgIpc) is 3.02. The Labute approximate surface area is 138 Å². The number of fused-ring (bicyclic) bond motifs is 1. The molecular formula is C16H14N4O3S. The van der Waals surface area contributed by atoms with Crippen LogP contribution < -0.4 is 10.5 Å². The third kappa shape index (κ3) is 3.50. The van der Waals surface area contributed by atoms with Gasteiger partial charge in [0.25, 0.3) is 0 Å². The summed E-state index contributed by atoms with van der Waals surface area (Å²) < 4.78 is 22.4. The average molecular weight is 342 g/mol. The molecule has 0 aliphatic rings. The number of rotatable bonds is 4. The molecule has 0 aliphatic heterocycles. The highest BCUT2D eigenvalue weighted by Crippen LogP contribution is 2.20. The Kier molecular flexibility index (Phi) is 4.15. The maximum absolute atomic E-state index is 12.0. The van der Waals surface area contributed by atoms with E-state index in [-0.39, 0.29) is 10.8 Å². The summed E-state index contributed by atoms with van der Waals surface area (Å²) in [5.41, 5.74) is 2.05. The van der Waals surface area contributed by atoms with Crippen LogP contribution in [0.5, 0.6) is 0 Å². The first-order chi connectivity index (χ1) is 11.4. The quantitative estimate of drug-likeness (QED) is 0.627. The molecule has 7 nitrogen and oxygen atoms in total. The first kappa shape index (κ1) is 15.9. The summed E-state index contributed by atoms with van der Waals surface area (Å²) in [6.07, 6.45) is 4.62. The molecule has 0 saturated carbocycles. The van der Waals surface area contributed by atoms with Crippen molar-refractivity contribution in [2.75, 3.05) is 5.32 Å². The first-order valence-electron chi connectivity index (χ1n) is 6.97. The number of para-hydroxylation sites is 1. The second-order valence-corrected chi connectivity index (χ2v) is 6.64. The van der Waals surface area contributed by atoms with Crippen LogP contribution in [0.4, 0.5) is 5.69 Å². The molecule has 3 aromatic rings. The number of primary sulfonamides is 1. The van der Waals surface area contributed by atoms with Gasteiger partial charge in [0.15, 0.2) is 0 Å².